The molecule has 0 aliphatic heterocycles. The Kier molecular flexibility index (Phi) is 3.77. The number of hydrogen-bond donors (Lipinski definition) is 1. The molecule has 132 valence electrons. The second kappa shape index (κ2) is 5.57. The van der Waals surface area contributed by atoms with Crippen molar-refractivity contribution < 1.29 is 26.3 Å². The first-order valence-corrected chi connectivity index (χ1v) is 6.66. The molecule has 6 nitrogen and oxygen atoms in total. The third kappa shape index (κ3) is 3.46. The summed E-state index contributed by atoms with van der Waals surface area (Å²) in [6.45, 7) is 1.52. The van der Waals surface area contributed by atoms with Gasteiger partial charge in [0.2, 0.25) is 0 Å². The first-order valence-electron chi connectivity index (χ1n) is 6.66. The SMILES string of the molecule is Cc1cc(Nc2ccc(C(F)(F)F)cn2)n2nc(C(F)(F)F)nc2n1. The van der Waals surface area contributed by atoms with E-state index in [4.69, 9.17) is 0 Å². The van der Waals surface area contributed by atoms with Gasteiger partial charge in [0.1, 0.15) is 11.6 Å². The standard InChI is InChI=1S/C13H8F6N6/c1-6-4-9(22-8-3-2-7(5-20-8)12(14,15)16)25-11(21-6)23-10(24-25)13(17,18)19/h2-5H,1H3,(H,20,22). The molecule has 3 aromatic rings. The molecule has 25 heavy (non-hydrogen) atoms. The van der Waals surface area contributed by atoms with E-state index in [0.717, 1.165) is 16.6 Å². The Morgan fingerprint density at radius 3 is 2.28 bits per heavy atom. The molecule has 0 unspecified atom stereocenters. The summed E-state index contributed by atoms with van der Waals surface area (Å²) >= 11 is 0. The third-order valence-corrected chi connectivity index (χ3v) is 3.04. The van der Waals surface area contributed by atoms with Gasteiger partial charge in [-0.1, -0.05) is 0 Å². The number of alkyl halides is 6. The van der Waals surface area contributed by atoms with Crippen LogP contribution in [0.2, 0.25) is 0 Å². The van der Waals surface area contributed by atoms with E-state index < -0.39 is 23.7 Å². The Morgan fingerprint density at radius 2 is 1.72 bits per heavy atom. The van der Waals surface area contributed by atoms with Gasteiger partial charge in [-0.05, 0) is 19.1 Å². The minimum absolute atomic E-state index is 0.0102. The van der Waals surface area contributed by atoms with Gasteiger partial charge in [0.05, 0.1) is 5.56 Å². The predicted molar refractivity (Wildman–Crippen MR) is 73.0 cm³/mol. The number of halogens is 6. The van der Waals surface area contributed by atoms with E-state index >= 15 is 0 Å². The largest absolute Gasteiger partial charge is 0.453 e. The van der Waals surface area contributed by atoms with Gasteiger partial charge in [0.15, 0.2) is 0 Å². The van der Waals surface area contributed by atoms with Gasteiger partial charge in [-0.2, -0.15) is 35.8 Å². The zero-order valence-electron chi connectivity index (χ0n) is 12.3. The molecule has 0 amide bonds. The monoisotopic (exact) mass is 362 g/mol. The summed E-state index contributed by atoms with van der Waals surface area (Å²) in [5.74, 6) is -1.67. The van der Waals surface area contributed by atoms with E-state index in [1.165, 1.54) is 13.0 Å². The summed E-state index contributed by atoms with van der Waals surface area (Å²) in [5.41, 5.74) is -0.614. The summed E-state index contributed by atoms with van der Waals surface area (Å²) in [6.07, 6.45) is -8.69. The summed E-state index contributed by atoms with van der Waals surface area (Å²) in [5, 5.41) is 5.93. The van der Waals surface area contributed by atoms with E-state index in [1.807, 2.05) is 0 Å². The number of nitrogens with zero attached hydrogens (tertiary/aromatic N) is 5. The molecule has 0 bridgehead atoms. The molecule has 3 rings (SSSR count). The quantitative estimate of drug-likeness (QED) is 0.706. The number of aryl methyl sites for hydroxylation is 1. The zero-order chi connectivity index (χ0) is 18.4. The number of pyridine rings is 1. The van der Waals surface area contributed by atoms with Gasteiger partial charge in [0.25, 0.3) is 11.6 Å². The van der Waals surface area contributed by atoms with Crippen molar-refractivity contribution in [1.29, 1.82) is 0 Å². The van der Waals surface area contributed by atoms with Crippen LogP contribution >= 0.6 is 0 Å². The molecule has 0 radical (unpaired) electrons. The molecule has 0 saturated heterocycles. The molecule has 0 fully saturated rings. The predicted octanol–water partition coefficient (Wildman–Crippen LogP) is 3.61. The smallest absolute Gasteiger partial charge is 0.325 e. The Labute approximate surface area is 135 Å². The molecule has 3 heterocycles. The van der Waals surface area contributed by atoms with Crippen molar-refractivity contribution >= 4 is 17.4 Å². The van der Waals surface area contributed by atoms with Crippen LogP contribution in [-0.4, -0.2) is 24.6 Å². The van der Waals surface area contributed by atoms with Crippen molar-refractivity contribution in [2.45, 2.75) is 19.3 Å². The number of anilines is 2. The zero-order valence-corrected chi connectivity index (χ0v) is 12.3. The number of hydrogen-bond acceptors (Lipinski definition) is 5. The maximum Gasteiger partial charge on any atom is 0.453 e. The van der Waals surface area contributed by atoms with Gasteiger partial charge < -0.3 is 5.32 Å². The molecule has 0 saturated carbocycles. The van der Waals surface area contributed by atoms with Crippen LogP contribution in [0.5, 0.6) is 0 Å². The number of aromatic nitrogens is 5. The van der Waals surface area contributed by atoms with Gasteiger partial charge in [0, 0.05) is 18.0 Å². The lowest BCUT2D eigenvalue weighted by Crippen LogP contribution is -2.09. The lowest BCUT2D eigenvalue weighted by molar-refractivity contribution is -0.144. The maximum atomic E-state index is 12.7. The molecule has 0 aromatic carbocycles. The van der Waals surface area contributed by atoms with E-state index in [1.54, 1.807) is 0 Å². The van der Waals surface area contributed by atoms with Crippen molar-refractivity contribution in [3.63, 3.8) is 0 Å². The van der Waals surface area contributed by atoms with E-state index in [0.29, 0.717) is 11.9 Å². The van der Waals surface area contributed by atoms with Crippen LogP contribution in [-0.2, 0) is 12.4 Å². The average molecular weight is 362 g/mol. The highest BCUT2D eigenvalue weighted by Crippen LogP contribution is 2.30. The summed E-state index contributed by atoms with van der Waals surface area (Å²) in [4.78, 5) is 10.7. The van der Waals surface area contributed by atoms with Crippen molar-refractivity contribution in [3.8, 4) is 0 Å². The van der Waals surface area contributed by atoms with Crippen LogP contribution in [0.3, 0.4) is 0 Å². The molecular weight excluding hydrogens is 354 g/mol. The first kappa shape index (κ1) is 16.9. The summed E-state index contributed by atoms with van der Waals surface area (Å²) in [7, 11) is 0. The van der Waals surface area contributed by atoms with Crippen LogP contribution < -0.4 is 5.32 Å². The van der Waals surface area contributed by atoms with Crippen molar-refractivity contribution in [2.75, 3.05) is 5.32 Å². The third-order valence-electron chi connectivity index (χ3n) is 3.04. The highest BCUT2D eigenvalue weighted by Gasteiger charge is 2.37. The minimum Gasteiger partial charge on any atom is -0.325 e. The molecule has 0 aliphatic rings. The van der Waals surface area contributed by atoms with E-state index in [-0.39, 0.29) is 17.4 Å². The van der Waals surface area contributed by atoms with Crippen LogP contribution in [0.1, 0.15) is 17.1 Å². The number of rotatable bonds is 2. The van der Waals surface area contributed by atoms with Gasteiger partial charge >= 0.3 is 12.4 Å². The number of nitrogens with one attached hydrogen (secondary N) is 1. The average Bonchev–Trinajstić information content (AvgIpc) is 2.91. The fraction of sp³-hybridized carbons (Fsp3) is 0.231. The second-order valence-electron chi connectivity index (χ2n) is 4.98. The Bertz CT molecular complexity index is 912. The minimum atomic E-state index is -4.76. The van der Waals surface area contributed by atoms with Crippen molar-refractivity contribution in [1.82, 2.24) is 24.6 Å². The first-order chi connectivity index (χ1) is 11.5. The summed E-state index contributed by atoms with van der Waals surface area (Å²) < 4.78 is 76.6. The van der Waals surface area contributed by atoms with Crippen LogP contribution in [0, 0.1) is 6.92 Å². The summed E-state index contributed by atoms with van der Waals surface area (Å²) in [6, 6.07) is 3.20. The molecular formula is C13H8F6N6. The van der Waals surface area contributed by atoms with Crippen LogP contribution in [0.25, 0.3) is 5.78 Å². The maximum absolute atomic E-state index is 12.7. The van der Waals surface area contributed by atoms with Gasteiger partial charge in [-0.25, -0.2) is 9.97 Å². The van der Waals surface area contributed by atoms with Crippen molar-refractivity contribution in [2.24, 2.45) is 0 Å². The molecule has 1 N–H and O–H groups in total. The van der Waals surface area contributed by atoms with E-state index in [9.17, 15) is 26.3 Å². The molecule has 3 aromatic heterocycles. The van der Waals surface area contributed by atoms with Crippen LogP contribution in [0.4, 0.5) is 38.0 Å². The molecule has 12 heteroatoms. The fourth-order valence-electron chi connectivity index (χ4n) is 1.96. The Hall–Kier alpha value is -2.92. The number of fused-ring (bicyclic) bond motifs is 1. The molecule has 0 spiro atoms. The second-order valence-corrected chi connectivity index (χ2v) is 4.98. The normalized spacial score (nSPS) is 12.6. The molecule has 0 atom stereocenters. The highest BCUT2D eigenvalue weighted by atomic mass is 19.4. The lowest BCUT2D eigenvalue weighted by Gasteiger charge is -2.09. The molecule has 0 aliphatic carbocycles. The van der Waals surface area contributed by atoms with Crippen molar-refractivity contribution in [3.05, 3.63) is 41.5 Å². The van der Waals surface area contributed by atoms with E-state index in [2.05, 4.69) is 25.4 Å². The van der Waals surface area contributed by atoms with Gasteiger partial charge in [-0.3, -0.25) is 0 Å². The topological polar surface area (TPSA) is 68.0 Å². The Balaban J connectivity index is 1.99. The van der Waals surface area contributed by atoms with Gasteiger partial charge in [-0.15, -0.1) is 5.10 Å². The lowest BCUT2D eigenvalue weighted by atomic mass is 10.3. The fourth-order valence-corrected chi connectivity index (χ4v) is 1.96. The highest BCUT2D eigenvalue weighted by molar-refractivity contribution is 5.55. The Morgan fingerprint density at radius 1 is 1.00 bits per heavy atom. The van der Waals surface area contributed by atoms with Crippen LogP contribution in [0.15, 0.2) is 24.4 Å².